The van der Waals surface area contributed by atoms with Gasteiger partial charge in [-0.2, -0.15) is 5.10 Å². The Morgan fingerprint density at radius 3 is 2.89 bits per heavy atom. The number of carbonyl (C=O) groups excluding carboxylic acids is 1. The number of aromatic amines is 1. The second kappa shape index (κ2) is 4.97. The van der Waals surface area contributed by atoms with E-state index < -0.39 is 0 Å². The first kappa shape index (κ1) is 12.3. The third-order valence-corrected chi connectivity index (χ3v) is 2.77. The number of rotatable bonds is 3. The zero-order valence-electron chi connectivity index (χ0n) is 10.3. The number of nitrogens with zero attached hydrogens (tertiary/aromatic N) is 2. The van der Waals surface area contributed by atoms with E-state index >= 15 is 0 Å². The molecule has 0 atom stereocenters. The summed E-state index contributed by atoms with van der Waals surface area (Å²) in [4.78, 5) is 16.1. The Balaban J connectivity index is 2.19. The van der Waals surface area contributed by atoms with E-state index in [1.54, 1.807) is 18.3 Å². The summed E-state index contributed by atoms with van der Waals surface area (Å²) in [6, 6.07) is 3.31. The largest absolute Gasteiger partial charge is 0.325 e. The lowest BCUT2D eigenvalue weighted by atomic mass is 10.2. The van der Waals surface area contributed by atoms with E-state index in [2.05, 4.69) is 20.5 Å². The fraction of sp³-hybridized carbons (Fsp3) is 0.250. The predicted octanol–water partition coefficient (Wildman–Crippen LogP) is 1.13. The number of nitrogens with one attached hydrogen (secondary N) is 2. The molecule has 0 saturated carbocycles. The molecule has 1 amide bonds. The quantitative estimate of drug-likeness (QED) is 0.755. The summed E-state index contributed by atoms with van der Waals surface area (Å²) >= 11 is 0. The van der Waals surface area contributed by atoms with Crippen molar-refractivity contribution in [2.24, 2.45) is 5.73 Å². The number of H-pyrrole nitrogens is 1. The van der Waals surface area contributed by atoms with E-state index in [9.17, 15) is 4.79 Å². The number of hydrogen-bond donors (Lipinski definition) is 3. The molecule has 6 heteroatoms. The van der Waals surface area contributed by atoms with Crippen molar-refractivity contribution in [2.45, 2.75) is 20.4 Å². The first-order valence-electron chi connectivity index (χ1n) is 5.59. The zero-order valence-corrected chi connectivity index (χ0v) is 10.3. The molecule has 6 nitrogen and oxygen atoms in total. The van der Waals surface area contributed by atoms with Gasteiger partial charge < -0.3 is 11.1 Å². The highest BCUT2D eigenvalue weighted by Crippen LogP contribution is 2.15. The number of hydrogen-bond acceptors (Lipinski definition) is 4. The van der Waals surface area contributed by atoms with Crippen molar-refractivity contribution >= 4 is 11.7 Å². The fourth-order valence-corrected chi connectivity index (χ4v) is 1.52. The van der Waals surface area contributed by atoms with Crippen molar-refractivity contribution in [1.82, 2.24) is 15.2 Å². The number of pyridine rings is 1. The number of aryl methyl sites for hydroxylation is 1. The Morgan fingerprint density at radius 2 is 2.28 bits per heavy atom. The lowest BCUT2D eigenvalue weighted by Crippen LogP contribution is -2.14. The summed E-state index contributed by atoms with van der Waals surface area (Å²) in [5.41, 5.74) is 8.54. The molecule has 94 valence electrons. The lowest BCUT2D eigenvalue weighted by Gasteiger charge is -2.04. The Kier molecular flexibility index (Phi) is 3.38. The Hall–Kier alpha value is -2.21. The normalized spacial score (nSPS) is 10.4. The summed E-state index contributed by atoms with van der Waals surface area (Å²) in [6.45, 7) is 4.10. The molecule has 0 spiro atoms. The highest BCUT2D eigenvalue weighted by Gasteiger charge is 2.11. The van der Waals surface area contributed by atoms with Gasteiger partial charge in [0.25, 0.3) is 5.91 Å². The molecule has 0 aromatic carbocycles. The average molecular weight is 245 g/mol. The maximum absolute atomic E-state index is 12.0. The molecule has 0 aliphatic rings. The smallest absolute Gasteiger partial charge is 0.256 e. The van der Waals surface area contributed by atoms with Crippen LogP contribution in [-0.2, 0) is 6.54 Å². The van der Waals surface area contributed by atoms with Gasteiger partial charge in [0.1, 0.15) is 0 Å². The van der Waals surface area contributed by atoms with Gasteiger partial charge in [-0.15, -0.1) is 0 Å². The molecule has 2 aromatic heterocycles. The van der Waals surface area contributed by atoms with Crippen molar-refractivity contribution in [3.8, 4) is 0 Å². The van der Waals surface area contributed by atoms with Crippen LogP contribution in [0, 0.1) is 13.8 Å². The molecule has 0 unspecified atom stereocenters. The second-order valence-electron chi connectivity index (χ2n) is 4.02. The zero-order chi connectivity index (χ0) is 13.1. The molecular weight excluding hydrogens is 230 g/mol. The van der Waals surface area contributed by atoms with Gasteiger partial charge in [-0.3, -0.25) is 14.9 Å². The first-order chi connectivity index (χ1) is 8.61. The van der Waals surface area contributed by atoms with Crippen LogP contribution in [0.1, 0.15) is 27.3 Å². The Morgan fingerprint density at radius 1 is 1.50 bits per heavy atom. The molecule has 2 rings (SSSR count). The number of anilines is 1. The highest BCUT2D eigenvalue weighted by molar-refractivity contribution is 6.04. The van der Waals surface area contributed by atoms with Crippen molar-refractivity contribution in [3.63, 3.8) is 0 Å². The van der Waals surface area contributed by atoms with Crippen molar-refractivity contribution in [3.05, 3.63) is 40.8 Å². The third-order valence-electron chi connectivity index (χ3n) is 2.77. The van der Waals surface area contributed by atoms with Gasteiger partial charge >= 0.3 is 0 Å². The lowest BCUT2D eigenvalue weighted by molar-refractivity contribution is 0.102. The standard InChI is InChI=1S/C12H15N5O/c1-7-8(2)16-17-11(7)15-12(18)9-3-4-14-10(5-9)6-13/h3-5H,6,13H2,1-2H3,(H2,15,16,17,18). The summed E-state index contributed by atoms with van der Waals surface area (Å²) in [5, 5.41) is 9.59. The highest BCUT2D eigenvalue weighted by atomic mass is 16.1. The molecule has 0 bridgehead atoms. The fourth-order valence-electron chi connectivity index (χ4n) is 1.52. The van der Waals surface area contributed by atoms with Crippen LogP contribution in [0.4, 0.5) is 5.82 Å². The average Bonchev–Trinajstić information content (AvgIpc) is 2.71. The monoisotopic (exact) mass is 245 g/mol. The van der Waals surface area contributed by atoms with Gasteiger partial charge in [0.15, 0.2) is 5.82 Å². The van der Waals surface area contributed by atoms with Crippen LogP contribution in [-0.4, -0.2) is 21.1 Å². The van der Waals surface area contributed by atoms with Crippen LogP contribution in [0.5, 0.6) is 0 Å². The van der Waals surface area contributed by atoms with Crippen LogP contribution in [0.25, 0.3) is 0 Å². The maximum atomic E-state index is 12.0. The van der Waals surface area contributed by atoms with E-state index in [4.69, 9.17) is 5.73 Å². The van der Waals surface area contributed by atoms with Gasteiger partial charge in [-0.25, -0.2) is 0 Å². The van der Waals surface area contributed by atoms with Crippen LogP contribution < -0.4 is 11.1 Å². The van der Waals surface area contributed by atoms with E-state index in [-0.39, 0.29) is 5.91 Å². The molecule has 0 aliphatic carbocycles. The van der Waals surface area contributed by atoms with Gasteiger partial charge in [0.05, 0.1) is 5.69 Å². The van der Waals surface area contributed by atoms with Crippen LogP contribution in [0.2, 0.25) is 0 Å². The van der Waals surface area contributed by atoms with Crippen molar-refractivity contribution < 1.29 is 4.79 Å². The molecular formula is C12H15N5O. The molecule has 0 aliphatic heterocycles. The molecule has 4 N–H and O–H groups in total. The summed E-state index contributed by atoms with van der Waals surface area (Å²) < 4.78 is 0. The topological polar surface area (TPSA) is 96.7 Å². The number of nitrogens with two attached hydrogens (primary N) is 1. The molecule has 2 aromatic rings. The minimum Gasteiger partial charge on any atom is -0.325 e. The molecule has 0 saturated heterocycles. The van der Waals surface area contributed by atoms with E-state index in [1.165, 1.54) is 0 Å². The summed E-state index contributed by atoms with van der Waals surface area (Å²) in [7, 11) is 0. The molecule has 18 heavy (non-hydrogen) atoms. The van der Waals surface area contributed by atoms with Gasteiger partial charge in [-0.05, 0) is 26.0 Å². The molecule has 2 heterocycles. The van der Waals surface area contributed by atoms with E-state index in [0.29, 0.717) is 23.6 Å². The van der Waals surface area contributed by atoms with Crippen LogP contribution in [0.15, 0.2) is 18.3 Å². The Labute approximate surface area is 105 Å². The van der Waals surface area contributed by atoms with Gasteiger partial charge in [-0.1, -0.05) is 0 Å². The number of amides is 1. The molecule has 0 fully saturated rings. The Bertz CT molecular complexity index is 576. The minimum atomic E-state index is -0.221. The number of aromatic nitrogens is 3. The first-order valence-corrected chi connectivity index (χ1v) is 5.59. The predicted molar refractivity (Wildman–Crippen MR) is 68.1 cm³/mol. The maximum Gasteiger partial charge on any atom is 0.256 e. The second-order valence-corrected chi connectivity index (χ2v) is 4.02. The number of carbonyl (C=O) groups is 1. The third kappa shape index (κ3) is 2.38. The van der Waals surface area contributed by atoms with E-state index in [1.807, 2.05) is 13.8 Å². The van der Waals surface area contributed by atoms with Gasteiger partial charge in [0, 0.05) is 29.6 Å². The van der Waals surface area contributed by atoms with Crippen molar-refractivity contribution in [2.75, 3.05) is 5.32 Å². The summed E-state index contributed by atoms with van der Waals surface area (Å²) in [6.07, 6.45) is 1.57. The summed E-state index contributed by atoms with van der Waals surface area (Å²) in [5.74, 6) is 0.324. The SMILES string of the molecule is Cc1[nH]nc(NC(=O)c2ccnc(CN)c2)c1C. The van der Waals surface area contributed by atoms with Crippen LogP contribution in [0.3, 0.4) is 0 Å². The van der Waals surface area contributed by atoms with Crippen molar-refractivity contribution in [1.29, 1.82) is 0 Å². The minimum absolute atomic E-state index is 0.221. The van der Waals surface area contributed by atoms with E-state index in [0.717, 1.165) is 11.3 Å². The van der Waals surface area contributed by atoms with Gasteiger partial charge in [0.2, 0.25) is 0 Å². The van der Waals surface area contributed by atoms with Crippen LogP contribution >= 0.6 is 0 Å². The molecule has 0 radical (unpaired) electrons.